The summed E-state index contributed by atoms with van der Waals surface area (Å²) in [5.74, 6) is 1.83. The van der Waals surface area contributed by atoms with E-state index in [9.17, 15) is 0 Å². The third kappa shape index (κ3) is 4.60. The molecule has 0 saturated heterocycles. The van der Waals surface area contributed by atoms with Crippen LogP contribution in [-0.2, 0) is 11.5 Å². The Morgan fingerprint density at radius 3 is 2.39 bits per heavy atom. The number of benzene rings is 1. The summed E-state index contributed by atoms with van der Waals surface area (Å²) in [7, 11) is 0. The summed E-state index contributed by atoms with van der Waals surface area (Å²) in [6.07, 6.45) is 3.74. The molecule has 0 N–H and O–H groups in total. The van der Waals surface area contributed by atoms with E-state index in [2.05, 4.69) is 53.3 Å². The van der Waals surface area contributed by atoms with Gasteiger partial charge in [0.25, 0.3) is 0 Å². The normalized spacial score (nSPS) is 10.7. The van der Waals surface area contributed by atoms with Crippen molar-refractivity contribution < 1.29 is 0 Å². The van der Waals surface area contributed by atoms with E-state index in [0.717, 1.165) is 22.2 Å². The Balaban J connectivity index is 1.66. The molecule has 3 rings (SSSR count). The van der Waals surface area contributed by atoms with Crippen LogP contribution < -0.4 is 0 Å². The van der Waals surface area contributed by atoms with Crippen LogP contribution in [0.15, 0.2) is 76.9 Å². The van der Waals surface area contributed by atoms with E-state index >= 15 is 0 Å². The van der Waals surface area contributed by atoms with Gasteiger partial charge in [0.05, 0.1) is 10.7 Å². The molecule has 0 aliphatic rings. The fraction of sp³-hybridized carbons (Fsp3) is 0.158. The summed E-state index contributed by atoms with van der Waals surface area (Å²) in [5.41, 5.74) is 3.76. The maximum Gasteiger partial charge on any atom is 0.0963 e. The quantitative estimate of drug-likeness (QED) is 0.564. The Kier molecular flexibility index (Phi) is 5.72. The lowest BCUT2D eigenvalue weighted by atomic mass is 10.2. The van der Waals surface area contributed by atoms with Crippen LogP contribution in [-0.4, -0.2) is 9.97 Å². The molecule has 23 heavy (non-hydrogen) atoms. The molecule has 0 radical (unpaired) electrons. The smallest absolute Gasteiger partial charge is 0.0963 e. The molecule has 0 saturated carbocycles. The van der Waals surface area contributed by atoms with Crippen molar-refractivity contribution in [2.75, 3.05) is 0 Å². The fourth-order valence-corrected chi connectivity index (χ4v) is 4.06. The van der Waals surface area contributed by atoms with Gasteiger partial charge >= 0.3 is 0 Å². The van der Waals surface area contributed by atoms with Crippen molar-refractivity contribution in [2.24, 2.45) is 0 Å². The van der Waals surface area contributed by atoms with Crippen LogP contribution in [0.4, 0.5) is 0 Å². The lowest BCUT2D eigenvalue weighted by Gasteiger charge is -2.10. The van der Waals surface area contributed by atoms with Crippen LogP contribution in [0.3, 0.4) is 0 Å². The molecule has 0 fully saturated rings. The number of hydrogen-bond acceptors (Lipinski definition) is 4. The average molecular weight is 339 g/mol. The van der Waals surface area contributed by atoms with Gasteiger partial charge in [0, 0.05) is 28.8 Å². The van der Waals surface area contributed by atoms with Gasteiger partial charge < -0.3 is 0 Å². The molecule has 0 aliphatic carbocycles. The van der Waals surface area contributed by atoms with E-state index in [1.165, 1.54) is 16.0 Å². The molecule has 3 aromatic rings. The fourth-order valence-electron chi connectivity index (χ4n) is 2.17. The van der Waals surface area contributed by atoms with Crippen LogP contribution >= 0.6 is 23.5 Å². The first-order chi connectivity index (χ1) is 11.3. The van der Waals surface area contributed by atoms with Crippen molar-refractivity contribution in [3.8, 4) is 0 Å². The standard InChI is InChI=1S/C19H18N2S2/c1-15-17(14-23-19-9-5-6-11-21-19)20-12-10-18(15)22-13-16-7-3-2-4-8-16/h2-12H,13-14H2,1H3. The predicted octanol–water partition coefficient (Wildman–Crippen LogP) is 5.37. The van der Waals surface area contributed by atoms with Crippen LogP contribution in [0, 0.1) is 6.92 Å². The number of rotatable bonds is 6. The molecule has 1 aromatic carbocycles. The summed E-state index contributed by atoms with van der Waals surface area (Å²) in [6, 6.07) is 18.7. The van der Waals surface area contributed by atoms with Gasteiger partial charge in [0.2, 0.25) is 0 Å². The van der Waals surface area contributed by atoms with E-state index in [4.69, 9.17) is 0 Å². The Morgan fingerprint density at radius 1 is 0.783 bits per heavy atom. The Morgan fingerprint density at radius 2 is 1.61 bits per heavy atom. The SMILES string of the molecule is Cc1c(SCc2ccccc2)ccnc1CSc1ccccn1. The zero-order chi connectivity index (χ0) is 15.9. The molecular weight excluding hydrogens is 320 g/mol. The van der Waals surface area contributed by atoms with Crippen molar-refractivity contribution in [3.05, 3.63) is 83.8 Å². The third-order valence-electron chi connectivity index (χ3n) is 3.49. The Hall–Kier alpha value is -1.78. The van der Waals surface area contributed by atoms with Gasteiger partial charge in [-0.25, -0.2) is 4.98 Å². The van der Waals surface area contributed by atoms with E-state index in [-0.39, 0.29) is 0 Å². The first-order valence-electron chi connectivity index (χ1n) is 7.48. The minimum atomic E-state index is 0.850. The van der Waals surface area contributed by atoms with Gasteiger partial charge in [0.15, 0.2) is 0 Å². The molecule has 0 aliphatic heterocycles. The molecule has 2 aromatic heterocycles. The molecular formula is C19H18N2S2. The molecule has 116 valence electrons. The first-order valence-corrected chi connectivity index (χ1v) is 9.45. The highest BCUT2D eigenvalue weighted by atomic mass is 32.2. The second-order valence-electron chi connectivity index (χ2n) is 5.11. The third-order valence-corrected chi connectivity index (χ3v) is 5.68. The van der Waals surface area contributed by atoms with Gasteiger partial charge in [-0.2, -0.15) is 0 Å². The zero-order valence-corrected chi connectivity index (χ0v) is 14.6. The summed E-state index contributed by atoms with van der Waals surface area (Å²) < 4.78 is 0. The van der Waals surface area contributed by atoms with Crippen molar-refractivity contribution in [1.29, 1.82) is 0 Å². The summed E-state index contributed by atoms with van der Waals surface area (Å²) in [4.78, 5) is 10.2. The van der Waals surface area contributed by atoms with Crippen LogP contribution in [0.25, 0.3) is 0 Å². The molecule has 0 unspecified atom stereocenters. The number of nitrogens with zero attached hydrogens (tertiary/aromatic N) is 2. The van der Waals surface area contributed by atoms with E-state index < -0.39 is 0 Å². The van der Waals surface area contributed by atoms with Gasteiger partial charge in [-0.3, -0.25) is 4.98 Å². The van der Waals surface area contributed by atoms with Crippen molar-refractivity contribution >= 4 is 23.5 Å². The monoisotopic (exact) mass is 338 g/mol. The lowest BCUT2D eigenvalue weighted by molar-refractivity contribution is 1.07. The maximum absolute atomic E-state index is 4.55. The van der Waals surface area contributed by atoms with Gasteiger partial charge in [-0.05, 0) is 36.2 Å². The highest BCUT2D eigenvalue weighted by molar-refractivity contribution is 7.98. The molecule has 4 heteroatoms. The van der Waals surface area contributed by atoms with Crippen LogP contribution in [0.5, 0.6) is 0 Å². The number of hydrogen-bond donors (Lipinski definition) is 0. The Bertz CT molecular complexity index is 684. The van der Waals surface area contributed by atoms with Gasteiger partial charge in [-0.15, -0.1) is 23.5 Å². The lowest BCUT2D eigenvalue weighted by Crippen LogP contribution is -1.94. The average Bonchev–Trinajstić information content (AvgIpc) is 2.61. The molecule has 0 amide bonds. The molecule has 0 bridgehead atoms. The number of thioether (sulfide) groups is 2. The molecule has 0 spiro atoms. The minimum absolute atomic E-state index is 0.850. The summed E-state index contributed by atoms with van der Waals surface area (Å²) in [6.45, 7) is 2.16. The number of aromatic nitrogens is 2. The van der Waals surface area contributed by atoms with Crippen LogP contribution in [0.1, 0.15) is 16.8 Å². The molecule has 2 nitrogen and oxygen atoms in total. The van der Waals surface area contributed by atoms with E-state index in [1.54, 1.807) is 11.8 Å². The zero-order valence-electron chi connectivity index (χ0n) is 13.0. The summed E-state index contributed by atoms with van der Waals surface area (Å²) in [5, 5.41) is 1.04. The van der Waals surface area contributed by atoms with Crippen molar-refractivity contribution in [3.63, 3.8) is 0 Å². The molecule has 0 atom stereocenters. The van der Waals surface area contributed by atoms with Crippen molar-refractivity contribution in [2.45, 2.75) is 28.4 Å². The van der Waals surface area contributed by atoms with Gasteiger partial charge in [-0.1, -0.05) is 36.4 Å². The van der Waals surface area contributed by atoms with E-state index in [1.807, 2.05) is 42.4 Å². The van der Waals surface area contributed by atoms with Gasteiger partial charge in [0.1, 0.15) is 0 Å². The van der Waals surface area contributed by atoms with E-state index in [0.29, 0.717) is 0 Å². The second kappa shape index (κ2) is 8.18. The Labute approximate surface area is 145 Å². The predicted molar refractivity (Wildman–Crippen MR) is 98.8 cm³/mol. The number of pyridine rings is 2. The first kappa shape index (κ1) is 16.1. The maximum atomic E-state index is 4.55. The summed E-state index contributed by atoms with van der Waals surface area (Å²) >= 11 is 3.60. The van der Waals surface area contributed by atoms with Crippen molar-refractivity contribution in [1.82, 2.24) is 9.97 Å². The molecule has 2 heterocycles. The highest BCUT2D eigenvalue weighted by Gasteiger charge is 2.07. The topological polar surface area (TPSA) is 25.8 Å². The van der Waals surface area contributed by atoms with Crippen LogP contribution in [0.2, 0.25) is 0 Å². The minimum Gasteiger partial charge on any atom is -0.260 e. The largest absolute Gasteiger partial charge is 0.260 e. The highest BCUT2D eigenvalue weighted by Crippen LogP contribution is 2.29. The second-order valence-corrected chi connectivity index (χ2v) is 7.12.